The first-order valence-electron chi connectivity index (χ1n) is 27.7. The Morgan fingerprint density at radius 1 is 0.391 bits per heavy atom. The zero-order valence-electron chi connectivity index (χ0n) is 41.9. The molecule has 0 aromatic heterocycles. The van der Waals surface area contributed by atoms with Gasteiger partial charge in [0.2, 0.25) is 11.8 Å². The molecule has 370 valence electrons. The molecular formula is C56H100N2O6. The van der Waals surface area contributed by atoms with Gasteiger partial charge in [0.05, 0.1) is 25.9 Å². The Hall–Kier alpha value is -2.64. The summed E-state index contributed by atoms with van der Waals surface area (Å²) < 4.78 is 11.1. The van der Waals surface area contributed by atoms with Gasteiger partial charge in [0.25, 0.3) is 0 Å². The number of hydrogen-bond donors (Lipinski definition) is 0. The lowest BCUT2D eigenvalue weighted by Crippen LogP contribution is -2.43. The van der Waals surface area contributed by atoms with Crippen molar-refractivity contribution in [2.24, 2.45) is 0 Å². The maximum Gasteiger partial charge on any atom is 0.306 e. The maximum absolute atomic E-state index is 13.4. The number of amides is 2. The van der Waals surface area contributed by atoms with Crippen molar-refractivity contribution in [1.82, 2.24) is 9.80 Å². The van der Waals surface area contributed by atoms with E-state index in [-0.39, 0.29) is 50.0 Å². The van der Waals surface area contributed by atoms with Crippen molar-refractivity contribution in [3.63, 3.8) is 0 Å². The summed E-state index contributed by atoms with van der Waals surface area (Å²) >= 11 is 0. The van der Waals surface area contributed by atoms with Crippen LogP contribution in [0.15, 0.2) is 24.3 Å². The van der Waals surface area contributed by atoms with Crippen molar-refractivity contribution < 1.29 is 28.7 Å². The second kappa shape index (κ2) is 41.8. The largest absolute Gasteiger partial charge is 0.464 e. The van der Waals surface area contributed by atoms with Crippen LogP contribution in [0.2, 0.25) is 0 Å². The third-order valence-corrected chi connectivity index (χ3v) is 13.7. The van der Waals surface area contributed by atoms with Gasteiger partial charge < -0.3 is 19.3 Å². The molecule has 0 atom stereocenters. The highest BCUT2D eigenvalue weighted by molar-refractivity contribution is 5.78. The predicted molar refractivity (Wildman–Crippen MR) is 267 cm³/mol. The Labute approximate surface area is 394 Å². The van der Waals surface area contributed by atoms with Crippen molar-refractivity contribution in [2.75, 3.05) is 26.3 Å². The highest BCUT2D eigenvalue weighted by Gasteiger charge is 2.27. The van der Waals surface area contributed by atoms with Crippen molar-refractivity contribution in [3.8, 4) is 0 Å². The molecule has 2 rings (SSSR count). The lowest BCUT2D eigenvalue weighted by molar-refractivity contribution is -0.152. The molecule has 0 aromatic carbocycles. The van der Waals surface area contributed by atoms with Gasteiger partial charge in [-0.05, 0) is 89.9 Å². The van der Waals surface area contributed by atoms with E-state index in [0.717, 1.165) is 103 Å². The lowest BCUT2D eigenvalue weighted by Gasteiger charge is -2.34. The predicted octanol–water partition coefficient (Wildman–Crippen LogP) is 15.3. The van der Waals surface area contributed by atoms with Gasteiger partial charge in [0, 0.05) is 24.9 Å². The first-order chi connectivity index (χ1) is 31.5. The van der Waals surface area contributed by atoms with Crippen molar-refractivity contribution >= 4 is 23.8 Å². The summed E-state index contributed by atoms with van der Waals surface area (Å²) in [7, 11) is 0. The van der Waals surface area contributed by atoms with E-state index in [1.165, 1.54) is 128 Å². The summed E-state index contributed by atoms with van der Waals surface area (Å²) in [6.07, 6.45) is 53.5. The highest BCUT2D eigenvalue weighted by atomic mass is 16.5. The molecule has 0 aromatic rings. The van der Waals surface area contributed by atoms with Crippen LogP contribution in [0.1, 0.15) is 271 Å². The molecule has 2 fully saturated rings. The van der Waals surface area contributed by atoms with E-state index in [1.807, 2.05) is 9.80 Å². The van der Waals surface area contributed by atoms with Gasteiger partial charge >= 0.3 is 11.9 Å². The molecule has 0 N–H and O–H groups in total. The van der Waals surface area contributed by atoms with Gasteiger partial charge in [-0.15, -0.1) is 0 Å². The number of carbonyl (C=O) groups excluding carboxylic acids is 4. The van der Waals surface area contributed by atoms with E-state index >= 15 is 0 Å². The molecule has 2 aliphatic carbocycles. The quantitative estimate of drug-likeness (QED) is 0.0345. The van der Waals surface area contributed by atoms with Crippen LogP contribution < -0.4 is 0 Å². The Kier molecular flexibility index (Phi) is 37.5. The number of rotatable bonds is 41. The molecule has 0 saturated heterocycles. The number of hydrogen-bond acceptors (Lipinski definition) is 6. The standard InChI is InChI=1S/C56H100N2O6/c1-3-5-7-9-11-13-15-17-19-21-23-25-27-29-37-43-53(59)57(51-39-33-31-34-40-51)47-49-63-55(61)45-46-56(62)64-50-48-58(52-41-35-32-36-42-52)54(60)44-38-30-28-26-24-22-20-18-16-14-12-10-8-6-4-2/h17-20,51-52H,3-16,21-50H2,1-2H3. The molecule has 2 amide bonds. The molecule has 0 heterocycles. The second-order valence-corrected chi connectivity index (χ2v) is 19.4. The molecule has 2 aliphatic rings. The van der Waals surface area contributed by atoms with Gasteiger partial charge in [-0.25, -0.2) is 0 Å². The van der Waals surface area contributed by atoms with Gasteiger partial charge in [0.15, 0.2) is 0 Å². The molecule has 64 heavy (non-hydrogen) atoms. The molecule has 8 heteroatoms. The van der Waals surface area contributed by atoms with Gasteiger partial charge in [-0.3, -0.25) is 19.2 Å². The number of allylic oxidation sites excluding steroid dienone is 4. The fraction of sp³-hybridized carbons (Fsp3) is 0.857. The molecule has 2 saturated carbocycles. The smallest absolute Gasteiger partial charge is 0.306 e. The van der Waals surface area contributed by atoms with Crippen LogP contribution in [0.3, 0.4) is 0 Å². The minimum Gasteiger partial charge on any atom is -0.464 e. The number of nitrogens with zero attached hydrogens (tertiary/aromatic N) is 2. The van der Waals surface area contributed by atoms with Crippen LogP contribution in [-0.4, -0.2) is 71.9 Å². The first-order valence-corrected chi connectivity index (χ1v) is 27.7. The molecule has 8 nitrogen and oxygen atoms in total. The van der Waals surface area contributed by atoms with Crippen LogP contribution in [0.5, 0.6) is 0 Å². The fourth-order valence-corrected chi connectivity index (χ4v) is 9.65. The van der Waals surface area contributed by atoms with E-state index in [9.17, 15) is 19.2 Å². The molecule has 0 bridgehead atoms. The Bertz CT molecular complexity index is 1110. The molecule has 0 spiro atoms. The third-order valence-electron chi connectivity index (χ3n) is 13.7. The molecule has 0 radical (unpaired) electrons. The Morgan fingerprint density at radius 2 is 0.688 bits per heavy atom. The summed E-state index contributed by atoms with van der Waals surface area (Å²) in [5.74, 6) is -0.524. The SMILES string of the molecule is CCCCCCCCC=CCCCCCCCC(=O)N(CCOC(=O)CCC(=O)OCCN(C(=O)CCCCCCCC=CCCCCCCCC)C1CCCCC1)C1CCCCC1. The van der Waals surface area contributed by atoms with Crippen molar-refractivity contribution in [2.45, 2.75) is 283 Å². The monoisotopic (exact) mass is 897 g/mol. The van der Waals surface area contributed by atoms with Crippen LogP contribution in [0.25, 0.3) is 0 Å². The summed E-state index contributed by atoms with van der Waals surface area (Å²) in [6.45, 7) is 5.65. The Balaban J connectivity index is 1.60. The fourth-order valence-electron chi connectivity index (χ4n) is 9.65. The van der Waals surface area contributed by atoms with Gasteiger partial charge in [0.1, 0.15) is 13.2 Å². The maximum atomic E-state index is 13.4. The number of unbranched alkanes of at least 4 members (excludes halogenated alkanes) is 22. The van der Waals surface area contributed by atoms with Crippen molar-refractivity contribution in [3.05, 3.63) is 24.3 Å². The van der Waals surface area contributed by atoms with Crippen LogP contribution in [-0.2, 0) is 28.7 Å². The second-order valence-electron chi connectivity index (χ2n) is 19.4. The minimum absolute atomic E-state index is 0.0497. The summed E-state index contributed by atoms with van der Waals surface area (Å²) in [4.78, 5) is 56.1. The molecule has 0 unspecified atom stereocenters. The van der Waals surface area contributed by atoms with E-state index in [2.05, 4.69) is 38.2 Å². The zero-order valence-corrected chi connectivity index (χ0v) is 41.9. The van der Waals surface area contributed by atoms with Crippen LogP contribution in [0, 0.1) is 0 Å². The average molecular weight is 897 g/mol. The van der Waals surface area contributed by atoms with Crippen LogP contribution >= 0.6 is 0 Å². The van der Waals surface area contributed by atoms with Crippen molar-refractivity contribution in [1.29, 1.82) is 0 Å². The van der Waals surface area contributed by atoms with Gasteiger partial charge in [-0.1, -0.05) is 179 Å². The third kappa shape index (κ3) is 31.3. The summed E-state index contributed by atoms with van der Waals surface area (Å²) in [5.41, 5.74) is 0. The first kappa shape index (κ1) is 57.5. The highest BCUT2D eigenvalue weighted by Crippen LogP contribution is 2.25. The number of carbonyl (C=O) groups is 4. The zero-order chi connectivity index (χ0) is 46.0. The topological polar surface area (TPSA) is 93.2 Å². The average Bonchev–Trinajstić information content (AvgIpc) is 3.31. The Morgan fingerprint density at radius 3 is 1.02 bits per heavy atom. The number of ether oxygens (including phenoxy) is 2. The van der Waals surface area contributed by atoms with E-state index in [4.69, 9.17) is 9.47 Å². The van der Waals surface area contributed by atoms with E-state index < -0.39 is 11.9 Å². The summed E-state index contributed by atoms with van der Waals surface area (Å²) in [6, 6.07) is 0.445. The van der Waals surface area contributed by atoms with E-state index in [1.54, 1.807) is 0 Å². The summed E-state index contributed by atoms with van der Waals surface area (Å²) in [5, 5.41) is 0. The number of esters is 2. The van der Waals surface area contributed by atoms with Crippen LogP contribution in [0.4, 0.5) is 0 Å². The van der Waals surface area contributed by atoms with Gasteiger partial charge in [-0.2, -0.15) is 0 Å². The molecular weight excluding hydrogens is 797 g/mol. The van der Waals surface area contributed by atoms with E-state index in [0.29, 0.717) is 25.9 Å². The molecule has 0 aliphatic heterocycles. The lowest BCUT2D eigenvalue weighted by atomic mass is 9.94. The minimum atomic E-state index is -0.441. The normalized spacial score (nSPS) is 15.0.